The molecule has 0 saturated heterocycles. The van der Waals surface area contributed by atoms with Crippen molar-refractivity contribution in [2.24, 2.45) is 0 Å². The fourth-order valence-corrected chi connectivity index (χ4v) is 2.17. The summed E-state index contributed by atoms with van der Waals surface area (Å²) < 4.78 is 41.1. The van der Waals surface area contributed by atoms with Crippen molar-refractivity contribution < 1.29 is 17.0 Å². The zero-order valence-electron chi connectivity index (χ0n) is 9.50. The molecule has 0 atom stereocenters. The van der Waals surface area contributed by atoms with Crippen LogP contribution in [0.15, 0.2) is 47.5 Å². The number of benzene rings is 1. The Morgan fingerprint density at radius 3 is 2.33 bits per heavy atom. The van der Waals surface area contributed by atoms with Crippen LogP contribution >= 0.6 is 0 Å². The Kier molecular flexibility index (Phi) is 3.29. The maximum absolute atomic E-state index is 12.6. The Balaban J connectivity index is 2.27. The van der Waals surface area contributed by atoms with Crippen LogP contribution in [0.1, 0.15) is 5.56 Å². The van der Waals surface area contributed by atoms with E-state index in [9.17, 15) is 12.8 Å². The van der Waals surface area contributed by atoms with Crippen molar-refractivity contribution >= 4 is 10.1 Å². The lowest BCUT2D eigenvalue weighted by atomic mass is 10.2. The van der Waals surface area contributed by atoms with E-state index in [1.54, 1.807) is 12.1 Å². The van der Waals surface area contributed by atoms with Gasteiger partial charge in [-0.25, -0.2) is 9.37 Å². The van der Waals surface area contributed by atoms with Gasteiger partial charge in [0.15, 0.2) is 0 Å². The zero-order valence-corrected chi connectivity index (χ0v) is 10.3. The SMILES string of the molecule is Cc1ccc(S(=O)(=O)Oc2ccc(F)cn2)cc1. The number of rotatable bonds is 3. The minimum absolute atomic E-state index is 0.0271. The molecule has 2 aromatic rings. The number of aryl methyl sites for hydroxylation is 1. The van der Waals surface area contributed by atoms with Crippen molar-refractivity contribution in [1.82, 2.24) is 4.98 Å². The predicted octanol–water partition coefficient (Wildman–Crippen LogP) is 2.30. The Morgan fingerprint density at radius 2 is 1.78 bits per heavy atom. The van der Waals surface area contributed by atoms with E-state index in [-0.39, 0.29) is 10.8 Å². The predicted molar refractivity (Wildman–Crippen MR) is 63.2 cm³/mol. The van der Waals surface area contributed by atoms with Gasteiger partial charge in [0.1, 0.15) is 10.7 Å². The maximum Gasteiger partial charge on any atom is 0.340 e. The lowest BCUT2D eigenvalue weighted by molar-refractivity contribution is 0.473. The van der Waals surface area contributed by atoms with Gasteiger partial charge in [0.05, 0.1) is 6.20 Å². The monoisotopic (exact) mass is 267 g/mol. The molecule has 1 heterocycles. The number of hydrogen-bond donors (Lipinski definition) is 0. The van der Waals surface area contributed by atoms with Crippen LogP contribution in [0.2, 0.25) is 0 Å². The van der Waals surface area contributed by atoms with Gasteiger partial charge in [-0.2, -0.15) is 8.42 Å². The van der Waals surface area contributed by atoms with E-state index in [1.807, 2.05) is 6.92 Å². The highest BCUT2D eigenvalue weighted by Crippen LogP contribution is 2.16. The molecule has 1 aromatic heterocycles. The number of pyridine rings is 1. The average molecular weight is 267 g/mol. The highest BCUT2D eigenvalue weighted by Gasteiger charge is 2.16. The molecular weight excluding hydrogens is 257 g/mol. The Morgan fingerprint density at radius 1 is 1.11 bits per heavy atom. The summed E-state index contributed by atoms with van der Waals surface area (Å²) in [6, 6.07) is 8.43. The van der Waals surface area contributed by atoms with Gasteiger partial charge in [0, 0.05) is 6.07 Å². The van der Waals surface area contributed by atoms with Gasteiger partial charge in [-0.15, -0.1) is 0 Å². The first-order chi connectivity index (χ1) is 8.47. The summed E-state index contributed by atoms with van der Waals surface area (Å²) in [5.41, 5.74) is 0.939. The van der Waals surface area contributed by atoms with E-state index < -0.39 is 15.9 Å². The van der Waals surface area contributed by atoms with E-state index in [4.69, 9.17) is 4.18 Å². The van der Waals surface area contributed by atoms with E-state index in [0.29, 0.717) is 0 Å². The van der Waals surface area contributed by atoms with Gasteiger partial charge in [0.2, 0.25) is 5.88 Å². The second-order valence-corrected chi connectivity index (χ2v) is 5.21. The van der Waals surface area contributed by atoms with Crippen molar-refractivity contribution in [3.8, 4) is 5.88 Å². The van der Waals surface area contributed by atoms with Crippen LogP contribution in [0.25, 0.3) is 0 Å². The third kappa shape index (κ3) is 2.84. The summed E-state index contributed by atoms with van der Waals surface area (Å²) in [4.78, 5) is 3.56. The smallest absolute Gasteiger partial charge is 0.340 e. The molecule has 0 saturated carbocycles. The molecule has 2 rings (SSSR count). The topological polar surface area (TPSA) is 56.3 Å². The molecule has 0 bridgehead atoms. The highest BCUT2D eigenvalue weighted by atomic mass is 32.2. The highest BCUT2D eigenvalue weighted by molar-refractivity contribution is 7.87. The fourth-order valence-electron chi connectivity index (χ4n) is 1.28. The number of halogens is 1. The summed E-state index contributed by atoms with van der Waals surface area (Å²) in [5.74, 6) is -0.730. The van der Waals surface area contributed by atoms with Crippen LogP contribution in [-0.2, 0) is 10.1 Å². The van der Waals surface area contributed by atoms with Crippen molar-refractivity contribution in [3.05, 3.63) is 54.0 Å². The van der Waals surface area contributed by atoms with Crippen molar-refractivity contribution in [2.75, 3.05) is 0 Å². The molecule has 0 N–H and O–H groups in total. The molecule has 0 spiro atoms. The normalized spacial score (nSPS) is 11.2. The average Bonchev–Trinajstić information content (AvgIpc) is 2.32. The molecule has 0 fully saturated rings. The molecule has 1 aromatic carbocycles. The Bertz CT molecular complexity index is 636. The molecule has 0 unspecified atom stereocenters. The molecule has 18 heavy (non-hydrogen) atoms. The van der Waals surface area contributed by atoms with Crippen LogP contribution in [0, 0.1) is 12.7 Å². The van der Waals surface area contributed by atoms with Gasteiger partial charge in [0.25, 0.3) is 0 Å². The molecule has 0 aliphatic carbocycles. The first-order valence-corrected chi connectivity index (χ1v) is 6.51. The van der Waals surface area contributed by atoms with Crippen molar-refractivity contribution in [2.45, 2.75) is 11.8 Å². The third-order valence-electron chi connectivity index (χ3n) is 2.20. The van der Waals surface area contributed by atoms with Crippen LogP contribution in [0.4, 0.5) is 4.39 Å². The molecular formula is C12H10FNO3S. The summed E-state index contributed by atoms with van der Waals surface area (Å²) in [6.45, 7) is 1.85. The van der Waals surface area contributed by atoms with Crippen LogP contribution < -0.4 is 4.18 Å². The molecule has 94 valence electrons. The van der Waals surface area contributed by atoms with E-state index in [1.165, 1.54) is 12.1 Å². The molecule has 0 radical (unpaired) electrons. The van der Waals surface area contributed by atoms with Gasteiger partial charge in [-0.1, -0.05) is 17.7 Å². The zero-order chi connectivity index (χ0) is 13.2. The van der Waals surface area contributed by atoms with Crippen molar-refractivity contribution in [1.29, 1.82) is 0 Å². The molecule has 4 nitrogen and oxygen atoms in total. The molecule has 6 heteroatoms. The largest absolute Gasteiger partial charge is 0.358 e. The standard InChI is InChI=1S/C12H10FNO3S/c1-9-2-5-11(6-3-9)18(15,16)17-12-7-4-10(13)8-14-12/h2-8H,1H3. The Labute approximate surface area is 104 Å². The number of aromatic nitrogens is 1. The number of nitrogens with zero attached hydrogens (tertiary/aromatic N) is 1. The Hall–Kier alpha value is -1.95. The molecule has 0 aliphatic heterocycles. The second-order valence-electron chi connectivity index (χ2n) is 3.67. The lowest BCUT2D eigenvalue weighted by Gasteiger charge is -2.05. The molecule has 0 amide bonds. The van der Waals surface area contributed by atoms with Crippen LogP contribution in [-0.4, -0.2) is 13.4 Å². The van der Waals surface area contributed by atoms with Gasteiger partial charge < -0.3 is 4.18 Å². The van der Waals surface area contributed by atoms with E-state index >= 15 is 0 Å². The summed E-state index contributed by atoms with van der Waals surface area (Å²) in [7, 11) is -3.93. The summed E-state index contributed by atoms with van der Waals surface area (Å²) in [6.07, 6.45) is 0.889. The maximum atomic E-state index is 12.6. The van der Waals surface area contributed by atoms with Crippen LogP contribution in [0.5, 0.6) is 5.88 Å². The van der Waals surface area contributed by atoms with Gasteiger partial charge in [-0.05, 0) is 25.1 Å². The van der Waals surface area contributed by atoms with E-state index in [2.05, 4.69) is 4.98 Å². The first kappa shape index (κ1) is 12.5. The minimum Gasteiger partial charge on any atom is -0.358 e. The lowest BCUT2D eigenvalue weighted by Crippen LogP contribution is -2.10. The van der Waals surface area contributed by atoms with E-state index in [0.717, 1.165) is 23.9 Å². The first-order valence-electron chi connectivity index (χ1n) is 5.10. The molecule has 0 aliphatic rings. The fraction of sp³-hybridized carbons (Fsp3) is 0.0833. The van der Waals surface area contributed by atoms with Crippen LogP contribution in [0.3, 0.4) is 0 Å². The second kappa shape index (κ2) is 4.73. The van der Waals surface area contributed by atoms with Crippen molar-refractivity contribution in [3.63, 3.8) is 0 Å². The quantitative estimate of drug-likeness (QED) is 0.801. The number of hydrogen-bond acceptors (Lipinski definition) is 4. The minimum atomic E-state index is -3.93. The van der Waals surface area contributed by atoms with Gasteiger partial charge in [-0.3, -0.25) is 0 Å². The van der Waals surface area contributed by atoms with Gasteiger partial charge >= 0.3 is 10.1 Å². The summed E-state index contributed by atoms with van der Waals surface area (Å²) in [5, 5.41) is 0. The summed E-state index contributed by atoms with van der Waals surface area (Å²) >= 11 is 0. The third-order valence-corrected chi connectivity index (χ3v) is 3.44.